The van der Waals surface area contributed by atoms with Crippen molar-refractivity contribution in [2.45, 2.75) is 13.1 Å². The number of Topliss-reactive ketones (excluding diaryl/α,β-unsaturated/α-hetero) is 1. The van der Waals surface area contributed by atoms with Gasteiger partial charge in [-0.15, -0.1) is 0 Å². The number of halogens is 3. The number of aryl methyl sites for hydroxylation is 1. The van der Waals surface area contributed by atoms with Crippen molar-refractivity contribution < 1.29 is 22.4 Å². The summed E-state index contributed by atoms with van der Waals surface area (Å²) in [5.41, 5.74) is 0.0537. The number of alkyl halides is 3. The first kappa shape index (κ1) is 12.3. The Morgan fingerprint density at radius 3 is 2.50 bits per heavy atom. The Morgan fingerprint density at radius 2 is 1.89 bits per heavy atom. The predicted octanol–water partition coefficient (Wildman–Crippen LogP) is 2.85. The Hall–Kier alpha value is -2.11. The first-order valence-corrected chi connectivity index (χ1v) is 4.95. The van der Waals surface area contributed by atoms with Crippen LogP contribution in [0.25, 0.3) is 11.0 Å². The van der Waals surface area contributed by atoms with Crippen LogP contribution in [0.5, 0.6) is 0 Å². The van der Waals surface area contributed by atoms with Crippen LogP contribution in [0.4, 0.5) is 13.2 Å². The summed E-state index contributed by atoms with van der Waals surface area (Å²) in [6, 6.07) is 4.99. The van der Waals surface area contributed by atoms with Gasteiger partial charge in [-0.1, -0.05) is 11.6 Å². The molecule has 2 aromatic rings. The Bertz CT molecular complexity index is 683. The van der Waals surface area contributed by atoms with E-state index < -0.39 is 23.1 Å². The maximum absolute atomic E-state index is 12.2. The van der Waals surface area contributed by atoms with Crippen LogP contribution in [-0.4, -0.2) is 12.0 Å². The first-order valence-electron chi connectivity index (χ1n) is 4.95. The van der Waals surface area contributed by atoms with Gasteiger partial charge in [-0.3, -0.25) is 9.59 Å². The smallest absolute Gasteiger partial charge is 0.452 e. The normalized spacial score (nSPS) is 11.8. The summed E-state index contributed by atoms with van der Waals surface area (Å²) in [5, 5.41) is 0.147. The molecule has 18 heavy (non-hydrogen) atoms. The molecule has 3 nitrogen and oxygen atoms in total. The number of ketones is 1. The zero-order valence-electron chi connectivity index (χ0n) is 9.17. The molecule has 0 atom stereocenters. The summed E-state index contributed by atoms with van der Waals surface area (Å²) in [6.45, 7) is 1.73. The lowest BCUT2D eigenvalue weighted by atomic mass is 10.1. The standard InChI is InChI=1S/C12H7F3O3/c1-6-2-3-9-7(4-6)8(16)5-10(18-9)11(17)12(13,14)15/h2-5H,1H3. The highest BCUT2D eigenvalue weighted by molar-refractivity contribution is 5.98. The van der Waals surface area contributed by atoms with Gasteiger partial charge in [-0.2, -0.15) is 13.2 Å². The van der Waals surface area contributed by atoms with Crippen LogP contribution in [0.3, 0.4) is 0 Å². The third-order valence-corrected chi connectivity index (χ3v) is 2.36. The Morgan fingerprint density at radius 1 is 1.22 bits per heavy atom. The van der Waals surface area contributed by atoms with E-state index in [0.717, 1.165) is 5.56 Å². The zero-order chi connectivity index (χ0) is 13.5. The SMILES string of the molecule is Cc1ccc2oc(C(=O)C(F)(F)F)cc(=O)c2c1. The van der Waals surface area contributed by atoms with Gasteiger partial charge in [0.2, 0.25) is 0 Å². The molecule has 1 aromatic carbocycles. The molecule has 94 valence electrons. The van der Waals surface area contributed by atoms with E-state index in [1.165, 1.54) is 12.1 Å². The molecule has 6 heteroatoms. The average molecular weight is 256 g/mol. The van der Waals surface area contributed by atoms with Crippen LogP contribution in [0.15, 0.2) is 33.5 Å². The lowest BCUT2D eigenvalue weighted by Crippen LogP contribution is -2.23. The third kappa shape index (κ3) is 2.13. The third-order valence-electron chi connectivity index (χ3n) is 2.36. The Balaban J connectivity index is 2.68. The number of hydrogen-bond acceptors (Lipinski definition) is 3. The number of hydrogen-bond donors (Lipinski definition) is 0. The topological polar surface area (TPSA) is 47.3 Å². The van der Waals surface area contributed by atoms with Crippen molar-refractivity contribution in [1.82, 2.24) is 0 Å². The fourth-order valence-corrected chi connectivity index (χ4v) is 1.52. The molecule has 0 saturated carbocycles. The fraction of sp³-hybridized carbons (Fsp3) is 0.167. The van der Waals surface area contributed by atoms with E-state index in [4.69, 9.17) is 4.42 Å². The van der Waals surface area contributed by atoms with Gasteiger partial charge in [0, 0.05) is 6.07 Å². The molecule has 0 aliphatic rings. The van der Waals surface area contributed by atoms with E-state index in [2.05, 4.69) is 0 Å². The molecule has 1 heterocycles. The number of carbonyl (C=O) groups excluding carboxylic acids is 1. The highest BCUT2D eigenvalue weighted by atomic mass is 19.4. The zero-order valence-corrected chi connectivity index (χ0v) is 9.17. The minimum absolute atomic E-state index is 0.0410. The van der Waals surface area contributed by atoms with E-state index in [9.17, 15) is 22.8 Å². The summed E-state index contributed by atoms with van der Waals surface area (Å²) < 4.78 is 41.5. The molecule has 0 spiro atoms. The van der Waals surface area contributed by atoms with E-state index in [0.29, 0.717) is 6.07 Å². The van der Waals surface area contributed by atoms with Crippen molar-refractivity contribution in [3.63, 3.8) is 0 Å². The molecule has 0 saturated heterocycles. The molecular formula is C12H7F3O3. The Labute approximate surface area is 98.8 Å². The van der Waals surface area contributed by atoms with Crippen LogP contribution in [-0.2, 0) is 0 Å². The highest BCUT2D eigenvalue weighted by Gasteiger charge is 2.41. The molecule has 2 rings (SSSR count). The monoisotopic (exact) mass is 256 g/mol. The molecule has 0 aliphatic carbocycles. The number of carbonyl (C=O) groups is 1. The molecule has 0 unspecified atom stereocenters. The van der Waals surface area contributed by atoms with Crippen LogP contribution in [0, 0.1) is 6.92 Å². The highest BCUT2D eigenvalue weighted by Crippen LogP contribution is 2.23. The lowest BCUT2D eigenvalue weighted by Gasteiger charge is -2.05. The van der Waals surface area contributed by atoms with Crippen molar-refractivity contribution in [2.24, 2.45) is 0 Å². The largest absolute Gasteiger partial charge is 0.458 e. The molecule has 0 bridgehead atoms. The summed E-state index contributed by atoms with van der Waals surface area (Å²) in [5.74, 6) is -3.16. The molecule has 0 aliphatic heterocycles. The van der Waals surface area contributed by atoms with E-state index in [1.54, 1.807) is 13.0 Å². The molecule has 0 radical (unpaired) electrons. The maximum Gasteiger partial charge on any atom is 0.458 e. The second-order valence-electron chi connectivity index (χ2n) is 3.80. The van der Waals surface area contributed by atoms with Gasteiger partial charge in [0.1, 0.15) is 5.58 Å². The van der Waals surface area contributed by atoms with Crippen LogP contribution < -0.4 is 5.43 Å². The lowest BCUT2D eigenvalue weighted by molar-refractivity contribution is -0.0899. The quantitative estimate of drug-likeness (QED) is 0.737. The van der Waals surface area contributed by atoms with Crippen LogP contribution >= 0.6 is 0 Å². The molecule has 0 fully saturated rings. The molecular weight excluding hydrogens is 249 g/mol. The first-order chi connectivity index (χ1) is 8.29. The Kier molecular flexibility index (Phi) is 2.73. The molecule has 1 aromatic heterocycles. The van der Waals surface area contributed by atoms with Gasteiger partial charge < -0.3 is 4.42 Å². The average Bonchev–Trinajstić information content (AvgIpc) is 2.27. The second-order valence-corrected chi connectivity index (χ2v) is 3.80. The fourth-order valence-electron chi connectivity index (χ4n) is 1.52. The summed E-state index contributed by atoms with van der Waals surface area (Å²) in [6.07, 6.45) is -5.06. The van der Waals surface area contributed by atoms with Crippen LogP contribution in [0.2, 0.25) is 0 Å². The van der Waals surface area contributed by atoms with Gasteiger partial charge in [0.05, 0.1) is 5.39 Å². The van der Waals surface area contributed by atoms with Crippen molar-refractivity contribution in [1.29, 1.82) is 0 Å². The van der Waals surface area contributed by atoms with Crippen molar-refractivity contribution in [3.8, 4) is 0 Å². The summed E-state index contributed by atoms with van der Waals surface area (Å²) >= 11 is 0. The van der Waals surface area contributed by atoms with E-state index in [-0.39, 0.29) is 11.0 Å². The second kappa shape index (κ2) is 3.97. The van der Waals surface area contributed by atoms with Gasteiger partial charge in [0.15, 0.2) is 11.2 Å². The van der Waals surface area contributed by atoms with Crippen molar-refractivity contribution >= 4 is 16.8 Å². The van der Waals surface area contributed by atoms with E-state index in [1.807, 2.05) is 0 Å². The molecule has 0 N–H and O–H groups in total. The minimum Gasteiger partial charge on any atom is -0.452 e. The van der Waals surface area contributed by atoms with Gasteiger partial charge in [-0.25, -0.2) is 0 Å². The number of fused-ring (bicyclic) bond motifs is 1. The van der Waals surface area contributed by atoms with Crippen molar-refractivity contribution in [2.75, 3.05) is 0 Å². The van der Waals surface area contributed by atoms with E-state index >= 15 is 0 Å². The van der Waals surface area contributed by atoms with Crippen molar-refractivity contribution in [3.05, 3.63) is 45.8 Å². The van der Waals surface area contributed by atoms with Gasteiger partial charge in [-0.05, 0) is 19.1 Å². The van der Waals surface area contributed by atoms with Gasteiger partial charge >= 0.3 is 12.0 Å². The number of rotatable bonds is 1. The summed E-state index contributed by atoms with van der Waals surface area (Å²) in [4.78, 5) is 22.6. The van der Waals surface area contributed by atoms with Crippen LogP contribution in [0.1, 0.15) is 16.1 Å². The predicted molar refractivity (Wildman–Crippen MR) is 57.6 cm³/mol. The van der Waals surface area contributed by atoms with Gasteiger partial charge in [0.25, 0.3) is 0 Å². The minimum atomic E-state index is -5.06. The maximum atomic E-state index is 12.2. The molecule has 0 amide bonds. The number of benzene rings is 1. The summed E-state index contributed by atoms with van der Waals surface area (Å²) in [7, 11) is 0.